The van der Waals surface area contributed by atoms with Crippen molar-refractivity contribution in [2.24, 2.45) is 0 Å². The first-order valence-electron chi connectivity index (χ1n) is 11.0. The number of halogens is 2. The van der Waals surface area contributed by atoms with E-state index in [-0.39, 0.29) is 23.2 Å². The van der Waals surface area contributed by atoms with Crippen LogP contribution in [0.15, 0.2) is 53.7 Å². The highest BCUT2D eigenvalue weighted by Crippen LogP contribution is 2.42. The van der Waals surface area contributed by atoms with Crippen LogP contribution in [0.25, 0.3) is 5.69 Å². The maximum Gasteiger partial charge on any atom is 0.586 e. The Morgan fingerprint density at radius 3 is 2.59 bits per heavy atom. The molecule has 11 heteroatoms. The monoisotopic (exact) mass is 487 g/mol. The molecule has 1 fully saturated rings. The number of ether oxygens (including phenoxy) is 2. The number of rotatable bonds is 7. The predicted octanol–water partition coefficient (Wildman–Crippen LogP) is 4.31. The Morgan fingerprint density at radius 2 is 1.79 bits per heavy atom. The average Bonchev–Trinajstić information content (AvgIpc) is 3.37. The van der Waals surface area contributed by atoms with Crippen molar-refractivity contribution in [2.45, 2.75) is 37.3 Å². The van der Waals surface area contributed by atoms with Crippen molar-refractivity contribution in [1.82, 2.24) is 19.7 Å². The second-order valence-corrected chi connectivity index (χ2v) is 9.01. The Bertz CT molecular complexity index is 1170. The number of hydrogen-bond acceptors (Lipinski definition) is 7. The number of carbonyl (C=O) groups excluding carboxylic acids is 1. The fourth-order valence-corrected chi connectivity index (χ4v) is 4.77. The first-order valence-corrected chi connectivity index (χ1v) is 12.0. The molecule has 2 aliphatic heterocycles. The number of thioether (sulfide) groups is 1. The average molecular weight is 488 g/mol. The molecule has 3 heterocycles. The molecule has 0 aliphatic carbocycles. The number of anilines is 1. The topological polar surface area (TPSA) is 81.5 Å². The summed E-state index contributed by atoms with van der Waals surface area (Å²) in [6, 6.07) is 13.9. The molecule has 0 radical (unpaired) electrons. The van der Waals surface area contributed by atoms with Crippen molar-refractivity contribution in [2.75, 3.05) is 24.2 Å². The van der Waals surface area contributed by atoms with Gasteiger partial charge in [0.2, 0.25) is 5.91 Å². The summed E-state index contributed by atoms with van der Waals surface area (Å²) in [6.07, 6.45) is -0.0877. The normalized spacial score (nSPS) is 17.0. The number of nitrogens with zero attached hydrogens (tertiary/aromatic N) is 4. The summed E-state index contributed by atoms with van der Waals surface area (Å²) >= 11 is 1.26. The highest BCUT2D eigenvalue weighted by molar-refractivity contribution is 7.99. The maximum atomic E-state index is 13.2. The molecular weight excluding hydrogens is 464 g/mol. The third-order valence-corrected chi connectivity index (χ3v) is 6.47. The molecule has 1 saturated heterocycles. The van der Waals surface area contributed by atoms with E-state index in [4.69, 9.17) is 0 Å². The lowest BCUT2D eigenvalue weighted by Gasteiger charge is -2.26. The standard InChI is InChI=1S/C23H23F2N5O3S/c24-23(25)32-18-10-9-16(13-19(18)33-23)26-21(31)15-34-22-28-27-20(14-29-11-5-2-6-12-29)30(22)17-7-3-1-4-8-17/h1,3-4,7-10,13H,2,5-6,11-12,14-15H2,(H,26,31). The summed E-state index contributed by atoms with van der Waals surface area (Å²) < 4.78 is 37.2. The van der Waals surface area contributed by atoms with E-state index in [2.05, 4.69) is 29.9 Å². The van der Waals surface area contributed by atoms with Crippen LogP contribution in [0.5, 0.6) is 11.5 Å². The van der Waals surface area contributed by atoms with E-state index in [1.54, 1.807) is 0 Å². The van der Waals surface area contributed by atoms with Crippen molar-refractivity contribution < 1.29 is 23.0 Å². The number of piperidine rings is 1. The van der Waals surface area contributed by atoms with Gasteiger partial charge >= 0.3 is 6.29 Å². The van der Waals surface area contributed by atoms with Crippen molar-refractivity contribution >= 4 is 23.4 Å². The Labute approximate surface area is 199 Å². The van der Waals surface area contributed by atoms with Crippen molar-refractivity contribution in [3.05, 3.63) is 54.4 Å². The highest BCUT2D eigenvalue weighted by atomic mass is 32.2. The zero-order valence-electron chi connectivity index (χ0n) is 18.2. The molecule has 0 saturated carbocycles. The Kier molecular flexibility index (Phi) is 6.38. The summed E-state index contributed by atoms with van der Waals surface area (Å²) in [5.41, 5.74) is 1.26. The van der Waals surface area contributed by atoms with Gasteiger partial charge in [0, 0.05) is 17.4 Å². The lowest BCUT2D eigenvalue weighted by atomic mass is 10.1. The number of benzene rings is 2. The molecule has 0 atom stereocenters. The Balaban J connectivity index is 1.27. The number of alkyl halides is 2. The molecular formula is C23H23F2N5O3S. The molecule has 178 valence electrons. The van der Waals surface area contributed by atoms with Gasteiger partial charge in [-0.1, -0.05) is 36.4 Å². The number of aromatic nitrogens is 3. The van der Waals surface area contributed by atoms with Crippen LogP contribution >= 0.6 is 11.8 Å². The lowest BCUT2D eigenvalue weighted by molar-refractivity contribution is -0.286. The van der Waals surface area contributed by atoms with Crippen LogP contribution in [0.3, 0.4) is 0 Å². The number of likely N-dealkylation sites (tertiary alicyclic amines) is 1. The number of para-hydroxylation sites is 1. The van der Waals surface area contributed by atoms with Crippen LogP contribution in [0.4, 0.5) is 14.5 Å². The first kappa shape index (κ1) is 22.6. The van der Waals surface area contributed by atoms with Gasteiger partial charge in [-0.05, 0) is 50.2 Å². The van der Waals surface area contributed by atoms with Crippen LogP contribution in [0.1, 0.15) is 25.1 Å². The Hall–Kier alpha value is -3.18. The van der Waals surface area contributed by atoms with E-state index in [9.17, 15) is 13.6 Å². The fraction of sp³-hybridized carbons (Fsp3) is 0.348. The summed E-state index contributed by atoms with van der Waals surface area (Å²) in [7, 11) is 0. The van der Waals surface area contributed by atoms with E-state index in [1.807, 2.05) is 34.9 Å². The van der Waals surface area contributed by atoms with Crippen molar-refractivity contribution in [1.29, 1.82) is 0 Å². The largest absolute Gasteiger partial charge is 0.586 e. The number of carbonyl (C=O) groups is 1. The molecule has 0 spiro atoms. The molecule has 3 aromatic rings. The number of nitrogens with one attached hydrogen (secondary N) is 1. The van der Waals surface area contributed by atoms with Crippen LogP contribution in [0.2, 0.25) is 0 Å². The van der Waals surface area contributed by atoms with E-state index in [0.717, 1.165) is 24.6 Å². The van der Waals surface area contributed by atoms with E-state index in [0.29, 0.717) is 17.4 Å². The number of amides is 1. The quantitative estimate of drug-likeness (QED) is 0.498. The van der Waals surface area contributed by atoms with Gasteiger partial charge in [-0.25, -0.2) is 0 Å². The molecule has 2 aliphatic rings. The second-order valence-electron chi connectivity index (χ2n) is 8.07. The molecule has 2 aromatic carbocycles. The molecule has 0 unspecified atom stereocenters. The molecule has 1 N–H and O–H groups in total. The minimum Gasteiger partial charge on any atom is -0.395 e. The first-order chi connectivity index (χ1) is 16.5. The molecule has 8 nitrogen and oxygen atoms in total. The van der Waals surface area contributed by atoms with Crippen LogP contribution < -0.4 is 14.8 Å². The van der Waals surface area contributed by atoms with E-state index in [1.165, 1.54) is 49.2 Å². The second kappa shape index (κ2) is 9.59. The summed E-state index contributed by atoms with van der Waals surface area (Å²) in [5.74, 6) is 0.388. The zero-order chi connectivity index (χ0) is 23.5. The SMILES string of the molecule is O=C(CSc1nnc(CN2CCCCC2)n1-c1ccccc1)Nc1ccc2c(c1)OC(F)(F)O2. The van der Waals surface area contributed by atoms with Gasteiger partial charge in [-0.3, -0.25) is 14.3 Å². The van der Waals surface area contributed by atoms with Gasteiger partial charge in [-0.15, -0.1) is 19.0 Å². The van der Waals surface area contributed by atoms with Crippen LogP contribution in [-0.2, 0) is 11.3 Å². The summed E-state index contributed by atoms with van der Waals surface area (Å²) in [6.45, 7) is 2.76. The van der Waals surface area contributed by atoms with E-state index < -0.39 is 6.29 Å². The molecule has 34 heavy (non-hydrogen) atoms. The van der Waals surface area contributed by atoms with Gasteiger partial charge in [0.1, 0.15) is 0 Å². The zero-order valence-corrected chi connectivity index (χ0v) is 19.1. The third kappa shape index (κ3) is 5.15. The van der Waals surface area contributed by atoms with Gasteiger partial charge < -0.3 is 14.8 Å². The smallest absolute Gasteiger partial charge is 0.395 e. The number of fused-ring (bicyclic) bond motifs is 1. The van der Waals surface area contributed by atoms with Crippen molar-refractivity contribution in [3.63, 3.8) is 0 Å². The molecule has 1 aromatic heterocycles. The van der Waals surface area contributed by atoms with Gasteiger partial charge in [0.05, 0.1) is 12.3 Å². The minimum absolute atomic E-state index is 0.0687. The van der Waals surface area contributed by atoms with Crippen molar-refractivity contribution in [3.8, 4) is 17.2 Å². The molecule has 1 amide bonds. The number of hydrogen-bond donors (Lipinski definition) is 1. The third-order valence-electron chi connectivity index (χ3n) is 5.55. The highest BCUT2D eigenvalue weighted by Gasteiger charge is 2.43. The van der Waals surface area contributed by atoms with Crippen LogP contribution in [-0.4, -0.2) is 50.7 Å². The Morgan fingerprint density at radius 1 is 1.03 bits per heavy atom. The fourth-order valence-electron chi connectivity index (χ4n) is 4.00. The van der Waals surface area contributed by atoms with E-state index >= 15 is 0 Å². The summed E-state index contributed by atoms with van der Waals surface area (Å²) in [4.78, 5) is 14.9. The van der Waals surface area contributed by atoms with Gasteiger partial charge in [0.25, 0.3) is 0 Å². The lowest BCUT2D eigenvalue weighted by Crippen LogP contribution is -2.30. The maximum absolute atomic E-state index is 13.2. The molecule has 0 bridgehead atoms. The van der Waals surface area contributed by atoms with Gasteiger partial charge in [0.15, 0.2) is 22.5 Å². The summed E-state index contributed by atoms with van der Waals surface area (Å²) in [5, 5.41) is 12.1. The molecule has 5 rings (SSSR count). The minimum atomic E-state index is -3.70. The predicted molar refractivity (Wildman–Crippen MR) is 122 cm³/mol. The van der Waals surface area contributed by atoms with Gasteiger partial charge in [-0.2, -0.15) is 0 Å². The van der Waals surface area contributed by atoms with Crippen LogP contribution in [0, 0.1) is 0 Å².